The average molecular weight is 302 g/mol. The number of aliphatic hydroxyl groups excluding tert-OH is 1. The maximum Gasteiger partial charge on any atom is 0.147 e. The third-order valence-electron chi connectivity index (χ3n) is 2.73. The van der Waals surface area contributed by atoms with Crippen molar-refractivity contribution in [1.29, 1.82) is 0 Å². The lowest BCUT2D eigenvalue weighted by molar-refractivity contribution is 0.186. The van der Waals surface area contributed by atoms with Gasteiger partial charge in [-0.15, -0.1) is 0 Å². The summed E-state index contributed by atoms with van der Waals surface area (Å²) < 4.78 is 39.9. The van der Waals surface area contributed by atoms with Gasteiger partial charge in [-0.05, 0) is 36.4 Å². The van der Waals surface area contributed by atoms with Crippen molar-refractivity contribution in [1.82, 2.24) is 0 Å². The van der Waals surface area contributed by atoms with E-state index in [1.807, 2.05) is 0 Å². The maximum atomic E-state index is 13.5. The van der Waals surface area contributed by atoms with E-state index in [-0.39, 0.29) is 22.8 Å². The number of hydrogen-bond acceptors (Lipinski definition) is 2. The number of aliphatic hydroxyl groups is 1. The topological polar surface area (TPSA) is 32.3 Å². The Hall–Kier alpha value is -1.72. The van der Waals surface area contributed by atoms with E-state index < -0.39 is 23.6 Å². The summed E-state index contributed by atoms with van der Waals surface area (Å²) in [5, 5.41) is 12.7. The normalized spacial score (nSPS) is 12.2. The minimum absolute atomic E-state index is 0.116. The second kappa shape index (κ2) is 6.15. The van der Waals surface area contributed by atoms with Crippen LogP contribution in [0, 0.1) is 17.5 Å². The molecule has 0 spiro atoms. The SMILES string of the molecule is OC(CNc1ccc(Cl)cc1F)c1cc(F)ccc1F. The summed E-state index contributed by atoms with van der Waals surface area (Å²) in [5.41, 5.74) is -0.0721. The zero-order valence-electron chi connectivity index (χ0n) is 10.2. The lowest BCUT2D eigenvalue weighted by atomic mass is 10.1. The van der Waals surface area contributed by atoms with Crippen LogP contribution in [0.2, 0.25) is 5.02 Å². The van der Waals surface area contributed by atoms with Crippen LogP contribution in [-0.4, -0.2) is 11.7 Å². The molecule has 0 saturated heterocycles. The highest BCUT2D eigenvalue weighted by Gasteiger charge is 2.14. The zero-order chi connectivity index (χ0) is 14.7. The number of halogens is 4. The first kappa shape index (κ1) is 14.7. The Morgan fingerprint density at radius 3 is 2.50 bits per heavy atom. The van der Waals surface area contributed by atoms with Crippen LogP contribution >= 0.6 is 11.6 Å². The van der Waals surface area contributed by atoms with Crippen LogP contribution in [0.4, 0.5) is 18.9 Å². The second-order valence-electron chi connectivity index (χ2n) is 4.19. The number of hydrogen-bond donors (Lipinski definition) is 2. The molecule has 2 rings (SSSR count). The number of benzene rings is 2. The van der Waals surface area contributed by atoms with Gasteiger partial charge in [-0.25, -0.2) is 13.2 Å². The van der Waals surface area contributed by atoms with Crippen LogP contribution in [0.5, 0.6) is 0 Å². The minimum atomic E-state index is -1.30. The van der Waals surface area contributed by atoms with Gasteiger partial charge in [0.2, 0.25) is 0 Å². The molecule has 2 aromatic carbocycles. The predicted molar refractivity (Wildman–Crippen MR) is 71.2 cm³/mol. The highest BCUT2D eigenvalue weighted by atomic mass is 35.5. The molecule has 0 aliphatic rings. The van der Waals surface area contributed by atoms with Gasteiger partial charge in [0.25, 0.3) is 0 Å². The van der Waals surface area contributed by atoms with Gasteiger partial charge in [0, 0.05) is 17.1 Å². The molecule has 0 saturated carbocycles. The van der Waals surface area contributed by atoms with Gasteiger partial charge < -0.3 is 10.4 Å². The minimum Gasteiger partial charge on any atom is -0.386 e. The fraction of sp³-hybridized carbons (Fsp3) is 0.143. The van der Waals surface area contributed by atoms with Crippen molar-refractivity contribution in [2.45, 2.75) is 6.10 Å². The Labute approximate surface area is 118 Å². The quantitative estimate of drug-likeness (QED) is 0.897. The molecule has 1 unspecified atom stereocenters. The Kier molecular flexibility index (Phi) is 4.52. The van der Waals surface area contributed by atoms with E-state index in [9.17, 15) is 18.3 Å². The summed E-state index contributed by atoms with van der Waals surface area (Å²) in [6.07, 6.45) is -1.30. The van der Waals surface area contributed by atoms with Crippen molar-refractivity contribution in [3.05, 3.63) is 64.4 Å². The summed E-state index contributed by atoms with van der Waals surface area (Å²) in [7, 11) is 0. The summed E-state index contributed by atoms with van der Waals surface area (Å²) in [6, 6.07) is 6.77. The number of anilines is 1. The van der Waals surface area contributed by atoms with Crippen LogP contribution in [0.3, 0.4) is 0 Å². The molecule has 2 aromatic rings. The maximum absolute atomic E-state index is 13.5. The first-order valence-corrected chi connectivity index (χ1v) is 6.17. The molecular formula is C14H11ClF3NO. The third-order valence-corrected chi connectivity index (χ3v) is 2.97. The monoisotopic (exact) mass is 301 g/mol. The Balaban J connectivity index is 2.08. The second-order valence-corrected chi connectivity index (χ2v) is 4.62. The van der Waals surface area contributed by atoms with E-state index in [0.29, 0.717) is 0 Å². The molecule has 1 atom stereocenters. The molecule has 0 amide bonds. The van der Waals surface area contributed by atoms with E-state index in [1.165, 1.54) is 12.1 Å². The highest BCUT2D eigenvalue weighted by molar-refractivity contribution is 6.30. The van der Waals surface area contributed by atoms with E-state index in [0.717, 1.165) is 24.3 Å². The Morgan fingerprint density at radius 2 is 1.80 bits per heavy atom. The molecule has 0 aliphatic heterocycles. The first-order chi connectivity index (χ1) is 9.47. The Morgan fingerprint density at radius 1 is 1.05 bits per heavy atom. The van der Waals surface area contributed by atoms with Crippen molar-refractivity contribution in [3.63, 3.8) is 0 Å². The van der Waals surface area contributed by atoms with Gasteiger partial charge in [-0.3, -0.25) is 0 Å². The molecule has 0 aromatic heterocycles. The van der Waals surface area contributed by atoms with Crippen molar-refractivity contribution >= 4 is 17.3 Å². The fourth-order valence-electron chi connectivity index (χ4n) is 1.72. The largest absolute Gasteiger partial charge is 0.386 e. The smallest absolute Gasteiger partial charge is 0.147 e. The molecule has 0 heterocycles. The van der Waals surface area contributed by atoms with Crippen molar-refractivity contribution in [2.24, 2.45) is 0 Å². The lowest BCUT2D eigenvalue weighted by Crippen LogP contribution is -2.14. The molecule has 0 aliphatic carbocycles. The van der Waals surface area contributed by atoms with Crippen LogP contribution in [-0.2, 0) is 0 Å². The first-order valence-electron chi connectivity index (χ1n) is 5.79. The summed E-state index contributed by atoms with van der Waals surface area (Å²) in [4.78, 5) is 0. The number of rotatable bonds is 4. The fourth-order valence-corrected chi connectivity index (χ4v) is 1.88. The van der Waals surface area contributed by atoms with Gasteiger partial charge in [-0.2, -0.15) is 0 Å². The highest BCUT2D eigenvalue weighted by Crippen LogP contribution is 2.22. The van der Waals surface area contributed by atoms with Gasteiger partial charge in [0.1, 0.15) is 17.5 Å². The molecule has 2 N–H and O–H groups in total. The van der Waals surface area contributed by atoms with E-state index >= 15 is 0 Å². The van der Waals surface area contributed by atoms with E-state index in [1.54, 1.807) is 0 Å². The third kappa shape index (κ3) is 3.43. The standard InChI is InChI=1S/C14H11ClF3NO/c15-8-1-4-13(12(18)5-8)19-7-14(20)10-6-9(16)2-3-11(10)17/h1-6,14,19-20H,7H2. The molecule has 0 radical (unpaired) electrons. The van der Waals surface area contributed by atoms with Crippen LogP contribution in [0.15, 0.2) is 36.4 Å². The van der Waals surface area contributed by atoms with Gasteiger partial charge in [0.05, 0.1) is 11.8 Å². The van der Waals surface area contributed by atoms with Crippen LogP contribution in [0.25, 0.3) is 0 Å². The summed E-state index contributed by atoms with van der Waals surface area (Å²) in [6.45, 7) is -0.168. The number of nitrogens with one attached hydrogen (secondary N) is 1. The van der Waals surface area contributed by atoms with Crippen molar-refractivity contribution in [2.75, 3.05) is 11.9 Å². The molecule has 2 nitrogen and oxygen atoms in total. The Bertz CT molecular complexity index is 621. The molecule has 0 fully saturated rings. The summed E-state index contributed by atoms with van der Waals surface area (Å²) >= 11 is 5.61. The molecule has 20 heavy (non-hydrogen) atoms. The molecule has 106 valence electrons. The van der Waals surface area contributed by atoms with Crippen molar-refractivity contribution < 1.29 is 18.3 Å². The van der Waals surface area contributed by atoms with Crippen molar-refractivity contribution in [3.8, 4) is 0 Å². The van der Waals surface area contributed by atoms with Gasteiger partial charge in [-0.1, -0.05) is 11.6 Å². The van der Waals surface area contributed by atoms with E-state index in [2.05, 4.69) is 5.32 Å². The summed E-state index contributed by atoms with van der Waals surface area (Å²) in [5.74, 6) is -1.97. The zero-order valence-corrected chi connectivity index (χ0v) is 11.0. The van der Waals surface area contributed by atoms with Gasteiger partial charge >= 0.3 is 0 Å². The molecule has 0 bridgehead atoms. The molecular weight excluding hydrogens is 291 g/mol. The van der Waals surface area contributed by atoms with E-state index in [4.69, 9.17) is 11.6 Å². The predicted octanol–water partition coefficient (Wildman–Crippen LogP) is 3.90. The average Bonchev–Trinajstić information content (AvgIpc) is 2.40. The van der Waals surface area contributed by atoms with Gasteiger partial charge in [0.15, 0.2) is 0 Å². The molecule has 6 heteroatoms. The lowest BCUT2D eigenvalue weighted by Gasteiger charge is -2.14. The van der Waals surface area contributed by atoms with Crippen LogP contribution in [0.1, 0.15) is 11.7 Å². The van der Waals surface area contributed by atoms with Crippen LogP contribution < -0.4 is 5.32 Å².